The maximum atomic E-state index is 11.7. The van der Waals surface area contributed by atoms with E-state index in [0.717, 1.165) is 11.0 Å². The molecule has 3 heteroatoms. The van der Waals surface area contributed by atoms with Crippen LogP contribution in [-0.2, 0) is 9.53 Å². The minimum atomic E-state index is -0.337. The van der Waals surface area contributed by atoms with Gasteiger partial charge in [0.1, 0.15) is 13.2 Å². The molecule has 0 aromatic heterocycles. The smallest absolute Gasteiger partial charge is 0.338 e. The number of ether oxygens (including phenoxy) is 1. The molecular formula is C14H22NO2+. The molecule has 0 atom stereocenters. The van der Waals surface area contributed by atoms with Gasteiger partial charge in [-0.3, -0.25) is 0 Å². The average molecular weight is 236 g/mol. The van der Waals surface area contributed by atoms with Crippen molar-refractivity contribution in [3.8, 4) is 0 Å². The van der Waals surface area contributed by atoms with E-state index in [0.29, 0.717) is 12.2 Å². The molecule has 3 nitrogen and oxygen atoms in total. The van der Waals surface area contributed by atoms with Crippen molar-refractivity contribution in [3.05, 3.63) is 49.1 Å². The fraction of sp³-hybridized carbons (Fsp3) is 0.357. The summed E-state index contributed by atoms with van der Waals surface area (Å²) in [5, 5.41) is 0. The van der Waals surface area contributed by atoms with Crippen molar-refractivity contribution in [2.75, 3.05) is 34.3 Å². The van der Waals surface area contributed by atoms with Gasteiger partial charge in [-0.2, -0.15) is 0 Å². The van der Waals surface area contributed by atoms with Crippen LogP contribution in [0.5, 0.6) is 0 Å². The van der Waals surface area contributed by atoms with Crippen molar-refractivity contribution >= 4 is 5.97 Å². The third-order valence-corrected chi connectivity index (χ3v) is 1.94. The van der Waals surface area contributed by atoms with Crippen LogP contribution >= 0.6 is 0 Å². The summed E-state index contributed by atoms with van der Waals surface area (Å²) in [5.74, 6) is -0.337. The monoisotopic (exact) mass is 236 g/mol. The maximum Gasteiger partial charge on any atom is 0.338 e. The molecule has 0 unspecified atom stereocenters. The Morgan fingerprint density at radius 2 is 1.88 bits per heavy atom. The van der Waals surface area contributed by atoms with Crippen LogP contribution in [0.25, 0.3) is 0 Å². The molecule has 0 bridgehead atoms. The van der Waals surface area contributed by atoms with Gasteiger partial charge >= 0.3 is 5.97 Å². The summed E-state index contributed by atoms with van der Waals surface area (Å²) in [7, 11) is 6.14. The lowest BCUT2D eigenvalue weighted by Crippen LogP contribution is -2.38. The summed E-state index contributed by atoms with van der Waals surface area (Å²) in [4.78, 5) is 11.7. The van der Waals surface area contributed by atoms with Gasteiger partial charge in [0.05, 0.1) is 26.7 Å². The number of carbonyl (C=O) groups excluding carboxylic acids is 1. The lowest BCUT2D eigenvalue weighted by atomic mass is 10.2. The molecule has 0 rings (SSSR count). The highest BCUT2D eigenvalue weighted by atomic mass is 16.5. The number of hydrogen-bond donors (Lipinski definition) is 0. The molecule has 17 heavy (non-hydrogen) atoms. The van der Waals surface area contributed by atoms with Crippen LogP contribution in [0, 0.1) is 0 Å². The van der Waals surface area contributed by atoms with Crippen LogP contribution < -0.4 is 0 Å². The van der Waals surface area contributed by atoms with E-state index in [1.807, 2.05) is 21.1 Å². The molecule has 0 N–H and O–H groups in total. The molecule has 0 fully saturated rings. The molecule has 0 aromatic rings. The van der Waals surface area contributed by atoms with E-state index in [1.54, 1.807) is 30.4 Å². The van der Waals surface area contributed by atoms with Crippen LogP contribution in [0.1, 0.15) is 0 Å². The van der Waals surface area contributed by atoms with E-state index < -0.39 is 0 Å². The lowest BCUT2D eigenvalue weighted by Gasteiger charge is -2.23. The molecule has 0 saturated heterocycles. The van der Waals surface area contributed by atoms with Gasteiger partial charge in [0.2, 0.25) is 0 Å². The highest BCUT2D eigenvalue weighted by Crippen LogP contribution is 2.02. The van der Waals surface area contributed by atoms with Gasteiger partial charge in [0.25, 0.3) is 0 Å². The lowest BCUT2D eigenvalue weighted by molar-refractivity contribution is -0.870. The van der Waals surface area contributed by atoms with Crippen molar-refractivity contribution in [2.45, 2.75) is 0 Å². The van der Waals surface area contributed by atoms with E-state index in [2.05, 4.69) is 13.2 Å². The first-order valence-corrected chi connectivity index (χ1v) is 5.50. The van der Waals surface area contributed by atoms with Crippen LogP contribution in [0.4, 0.5) is 0 Å². The Balaban J connectivity index is 4.35. The Kier molecular flexibility index (Phi) is 6.91. The Hall–Kier alpha value is -1.61. The molecule has 0 radical (unpaired) electrons. The van der Waals surface area contributed by atoms with Crippen molar-refractivity contribution < 1.29 is 14.0 Å². The van der Waals surface area contributed by atoms with Gasteiger partial charge in [-0.15, -0.1) is 0 Å². The van der Waals surface area contributed by atoms with Crippen molar-refractivity contribution in [3.63, 3.8) is 0 Å². The van der Waals surface area contributed by atoms with Crippen molar-refractivity contribution in [2.24, 2.45) is 0 Å². The molecule has 0 spiro atoms. The van der Waals surface area contributed by atoms with Gasteiger partial charge in [-0.05, 0) is 12.2 Å². The predicted octanol–water partition coefficient (Wildman–Crippen LogP) is 2.09. The van der Waals surface area contributed by atoms with Gasteiger partial charge in [-0.25, -0.2) is 4.79 Å². The van der Waals surface area contributed by atoms with Crippen molar-refractivity contribution in [1.82, 2.24) is 0 Å². The first-order chi connectivity index (χ1) is 7.90. The zero-order chi connectivity index (χ0) is 13.3. The molecule has 0 heterocycles. The van der Waals surface area contributed by atoms with Crippen LogP contribution in [0.15, 0.2) is 49.1 Å². The zero-order valence-electron chi connectivity index (χ0n) is 11.0. The van der Waals surface area contributed by atoms with E-state index in [-0.39, 0.29) is 5.97 Å². The fourth-order valence-corrected chi connectivity index (χ4v) is 0.986. The first kappa shape index (κ1) is 15.4. The van der Waals surface area contributed by atoms with Gasteiger partial charge in [-0.1, -0.05) is 31.4 Å². The highest BCUT2D eigenvalue weighted by Gasteiger charge is 2.11. The summed E-state index contributed by atoms with van der Waals surface area (Å²) >= 11 is 0. The van der Waals surface area contributed by atoms with Crippen molar-refractivity contribution in [1.29, 1.82) is 0 Å². The molecule has 94 valence electrons. The summed E-state index contributed by atoms with van der Waals surface area (Å²) in [6.07, 6.45) is 8.13. The number of hydrogen-bond acceptors (Lipinski definition) is 2. The average Bonchev–Trinajstić information content (AvgIpc) is 2.22. The number of quaternary nitrogens is 1. The van der Waals surface area contributed by atoms with Crippen LogP contribution in [-0.4, -0.2) is 44.7 Å². The molecule has 0 aliphatic carbocycles. The SMILES string of the molecule is C=C/C=C\C(=C/C=C)C(=O)OCC[N+](C)(C)C. The number of likely N-dealkylation sites (N-methyl/N-ethyl adjacent to an activating group) is 1. The third kappa shape index (κ3) is 8.22. The summed E-state index contributed by atoms with van der Waals surface area (Å²) < 4.78 is 5.93. The van der Waals surface area contributed by atoms with Gasteiger partial charge in [0.15, 0.2) is 0 Å². The standard InChI is InChI=1S/C14H22NO2/c1-6-8-10-13(9-7-2)14(16)17-12-11-15(3,4)5/h6-10H,1-2,11-12H2,3-5H3/q+1/b10-8-,13-9+. The van der Waals surface area contributed by atoms with E-state index in [1.165, 1.54) is 0 Å². The second kappa shape index (κ2) is 7.63. The van der Waals surface area contributed by atoms with Crippen LogP contribution in [0.3, 0.4) is 0 Å². The normalized spacial score (nSPS) is 12.5. The Morgan fingerprint density at radius 3 is 2.35 bits per heavy atom. The number of rotatable bonds is 7. The Morgan fingerprint density at radius 1 is 1.24 bits per heavy atom. The predicted molar refractivity (Wildman–Crippen MR) is 71.5 cm³/mol. The zero-order valence-corrected chi connectivity index (χ0v) is 11.0. The fourth-order valence-electron chi connectivity index (χ4n) is 0.986. The minimum absolute atomic E-state index is 0.337. The third-order valence-electron chi connectivity index (χ3n) is 1.94. The minimum Gasteiger partial charge on any atom is -0.456 e. The molecule has 0 amide bonds. The van der Waals surface area contributed by atoms with Gasteiger partial charge < -0.3 is 9.22 Å². The second-order valence-electron chi connectivity index (χ2n) is 4.60. The van der Waals surface area contributed by atoms with Crippen LogP contribution in [0.2, 0.25) is 0 Å². The van der Waals surface area contributed by atoms with E-state index in [4.69, 9.17) is 4.74 Å². The number of carbonyl (C=O) groups is 1. The van der Waals surface area contributed by atoms with E-state index in [9.17, 15) is 4.79 Å². The quantitative estimate of drug-likeness (QED) is 0.293. The highest BCUT2D eigenvalue weighted by molar-refractivity contribution is 5.91. The first-order valence-electron chi connectivity index (χ1n) is 5.50. The maximum absolute atomic E-state index is 11.7. The second-order valence-corrected chi connectivity index (χ2v) is 4.60. The summed E-state index contributed by atoms with van der Waals surface area (Å²) in [6, 6.07) is 0. The molecule has 0 aliphatic heterocycles. The molecular weight excluding hydrogens is 214 g/mol. The Labute approximate surface area is 104 Å². The summed E-state index contributed by atoms with van der Waals surface area (Å²) in [6.45, 7) is 8.29. The number of esters is 1. The number of nitrogens with zero attached hydrogens (tertiary/aromatic N) is 1. The molecule has 0 saturated carbocycles. The Bertz CT molecular complexity index is 333. The topological polar surface area (TPSA) is 26.3 Å². The number of allylic oxidation sites excluding steroid dienone is 4. The van der Waals surface area contributed by atoms with E-state index >= 15 is 0 Å². The molecule has 0 aliphatic rings. The molecule has 0 aromatic carbocycles. The largest absolute Gasteiger partial charge is 0.456 e. The summed E-state index contributed by atoms with van der Waals surface area (Å²) in [5.41, 5.74) is 0.473. The van der Waals surface area contributed by atoms with Gasteiger partial charge in [0, 0.05) is 0 Å².